The Morgan fingerprint density at radius 1 is 1.40 bits per heavy atom. The van der Waals surface area contributed by atoms with E-state index in [0.717, 1.165) is 43.1 Å². The van der Waals surface area contributed by atoms with Gasteiger partial charge in [0.25, 0.3) is 0 Å². The topological polar surface area (TPSA) is 15.3 Å². The van der Waals surface area contributed by atoms with E-state index in [2.05, 4.69) is 31.0 Å². The van der Waals surface area contributed by atoms with Crippen LogP contribution in [0.15, 0.2) is 18.2 Å². The van der Waals surface area contributed by atoms with Crippen LogP contribution in [0.1, 0.15) is 32.8 Å². The molecule has 2 atom stereocenters. The van der Waals surface area contributed by atoms with Crippen molar-refractivity contribution in [3.63, 3.8) is 0 Å². The molecule has 1 aliphatic heterocycles. The van der Waals surface area contributed by atoms with E-state index in [1.807, 2.05) is 23.9 Å². The second-order valence-corrected chi connectivity index (χ2v) is 6.92. The molecular weight excluding hydrogens is 271 g/mol. The zero-order chi connectivity index (χ0) is 14.5. The molecule has 2 rings (SSSR count). The zero-order valence-corrected chi connectivity index (χ0v) is 13.5. The molecule has 1 aromatic carbocycles. The number of para-hydroxylation sites is 1. The predicted octanol–water partition coefficient (Wildman–Crippen LogP) is 3.66. The van der Waals surface area contributed by atoms with E-state index in [1.165, 1.54) is 0 Å². The van der Waals surface area contributed by atoms with Crippen molar-refractivity contribution in [2.24, 2.45) is 0 Å². The van der Waals surface area contributed by atoms with E-state index in [-0.39, 0.29) is 5.82 Å². The number of benzene rings is 1. The Kier molecular flexibility index (Phi) is 5.73. The van der Waals surface area contributed by atoms with Crippen molar-refractivity contribution >= 4 is 17.4 Å². The normalized spacial score (nSPS) is 23.1. The molecule has 20 heavy (non-hydrogen) atoms. The molecule has 1 aliphatic rings. The summed E-state index contributed by atoms with van der Waals surface area (Å²) in [6, 6.07) is 5.81. The van der Waals surface area contributed by atoms with Crippen LogP contribution in [-0.2, 0) is 6.54 Å². The van der Waals surface area contributed by atoms with Gasteiger partial charge in [-0.3, -0.25) is 0 Å². The molecular formula is C16H25FN2S. The van der Waals surface area contributed by atoms with Crippen molar-refractivity contribution in [2.45, 2.75) is 45.0 Å². The highest BCUT2D eigenvalue weighted by atomic mass is 32.2. The molecule has 0 radical (unpaired) electrons. The highest BCUT2D eigenvalue weighted by Crippen LogP contribution is 2.33. The fourth-order valence-corrected chi connectivity index (χ4v) is 3.77. The SMILES string of the molecule is CCCNCc1cccc(F)c1N1CCSC(C)C1C. The third-order valence-electron chi connectivity index (χ3n) is 3.98. The highest BCUT2D eigenvalue weighted by molar-refractivity contribution is 8.00. The van der Waals surface area contributed by atoms with Crippen molar-refractivity contribution in [3.05, 3.63) is 29.6 Å². The second kappa shape index (κ2) is 7.32. The van der Waals surface area contributed by atoms with Crippen molar-refractivity contribution in [1.82, 2.24) is 5.32 Å². The van der Waals surface area contributed by atoms with Gasteiger partial charge < -0.3 is 10.2 Å². The van der Waals surface area contributed by atoms with Crippen LogP contribution in [0.5, 0.6) is 0 Å². The number of nitrogens with one attached hydrogen (secondary N) is 1. The Bertz CT molecular complexity index is 438. The van der Waals surface area contributed by atoms with Gasteiger partial charge in [-0.2, -0.15) is 11.8 Å². The number of rotatable bonds is 5. The summed E-state index contributed by atoms with van der Waals surface area (Å²) in [5.74, 6) is 0.980. The minimum atomic E-state index is -0.0910. The lowest BCUT2D eigenvalue weighted by Gasteiger charge is -2.40. The maximum Gasteiger partial charge on any atom is 0.146 e. The van der Waals surface area contributed by atoms with Crippen LogP contribution in [0.2, 0.25) is 0 Å². The van der Waals surface area contributed by atoms with E-state index in [9.17, 15) is 4.39 Å². The molecule has 1 N–H and O–H groups in total. The van der Waals surface area contributed by atoms with Gasteiger partial charge in [0.1, 0.15) is 5.82 Å². The van der Waals surface area contributed by atoms with E-state index in [1.54, 1.807) is 6.07 Å². The van der Waals surface area contributed by atoms with Gasteiger partial charge in [0.2, 0.25) is 0 Å². The second-order valence-electron chi connectivity index (χ2n) is 5.43. The molecule has 1 aromatic rings. The van der Waals surface area contributed by atoms with Crippen LogP contribution < -0.4 is 10.2 Å². The fraction of sp³-hybridized carbons (Fsp3) is 0.625. The summed E-state index contributed by atoms with van der Waals surface area (Å²) in [6.07, 6.45) is 1.10. The van der Waals surface area contributed by atoms with Crippen LogP contribution in [0.3, 0.4) is 0 Å². The quantitative estimate of drug-likeness (QED) is 0.835. The zero-order valence-electron chi connectivity index (χ0n) is 12.7. The first-order valence-electron chi connectivity index (χ1n) is 7.51. The summed E-state index contributed by atoms with van der Waals surface area (Å²) in [7, 11) is 0. The molecule has 4 heteroatoms. The van der Waals surface area contributed by atoms with Gasteiger partial charge in [-0.15, -0.1) is 0 Å². The van der Waals surface area contributed by atoms with Gasteiger partial charge in [0.05, 0.1) is 5.69 Å². The fourth-order valence-electron chi connectivity index (χ4n) is 2.67. The molecule has 2 unspecified atom stereocenters. The van der Waals surface area contributed by atoms with Crippen molar-refractivity contribution in [1.29, 1.82) is 0 Å². The maximum atomic E-state index is 14.4. The third kappa shape index (κ3) is 3.47. The summed E-state index contributed by atoms with van der Waals surface area (Å²) in [5.41, 5.74) is 1.88. The molecule has 2 nitrogen and oxygen atoms in total. The molecule has 0 aromatic heterocycles. The van der Waals surface area contributed by atoms with Crippen LogP contribution in [-0.4, -0.2) is 30.1 Å². The lowest BCUT2D eigenvalue weighted by atomic mass is 10.1. The lowest BCUT2D eigenvalue weighted by molar-refractivity contribution is 0.574. The Balaban J connectivity index is 2.24. The number of thioether (sulfide) groups is 1. The Morgan fingerprint density at radius 3 is 2.95 bits per heavy atom. The van der Waals surface area contributed by atoms with Gasteiger partial charge in [-0.1, -0.05) is 26.0 Å². The maximum absolute atomic E-state index is 14.4. The van der Waals surface area contributed by atoms with Crippen molar-refractivity contribution in [3.8, 4) is 0 Å². The molecule has 1 heterocycles. The van der Waals surface area contributed by atoms with E-state index in [0.29, 0.717) is 11.3 Å². The number of hydrogen-bond acceptors (Lipinski definition) is 3. The molecule has 112 valence electrons. The summed E-state index contributed by atoms with van der Waals surface area (Å²) < 4.78 is 14.4. The first-order chi connectivity index (χ1) is 9.65. The van der Waals surface area contributed by atoms with Crippen molar-refractivity contribution in [2.75, 3.05) is 23.7 Å². The van der Waals surface area contributed by atoms with Crippen LogP contribution in [0.4, 0.5) is 10.1 Å². The van der Waals surface area contributed by atoms with Gasteiger partial charge in [-0.05, 0) is 31.5 Å². The summed E-state index contributed by atoms with van der Waals surface area (Å²) in [4.78, 5) is 2.25. The minimum Gasteiger partial charge on any atom is -0.364 e. The average Bonchev–Trinajstić information content (AvgIpc) is 2.43. The molecule has 1 saturated heterocycles. The first kappa shape index (κ1) is 15.6. The van der Waals surface area contributed by atoms with Crippen LogP contribution in [0.25, 0.3) is 0 Å². The predicted molar refractivity (Wildman–Crippen MR) is 87.1 cm³/mol. The minimum absolute atomic E-state index is 0.0910. The monoisotopic (exact) mass is 296 g/mol. The number of nitrogens with zero attached hydrogens (tertiary/aromatic N) is 1. The Labute approximate surface area is 126 Å². The molecule has 0 amide bonds. The summed E-state index contributed by atoms with van der Waals surface area (Å²) in [6.45, 7) is 9.22. The van der Waals surface area contributed by atoms with E-state index < -0.39 is 0 Å². The van der Waals surface area contributed by atoms with E-state index in [4.69, 9.17) is 0 Å². The lowest BCUT2D eigenvalue weighted by Crippen LogP contribution is -2.45. The molecule has 0 saturated carbocycles. The van der Waals surface area contributed by atoms with Gasteiger partial charge in [0.15, 0.2) is 0 Å². The first-order valence-corrected chi connectivity index (χ1v) is 8.56. The largest absolute Gasteiger partial charge is 0.364 e. The number of halogens is 1. The average molecular weight is 296 g/mol. The molecule has 0 aliphatic carbocycles. The Hall–Kier alpha value is -0.740. The van der Waals surface area contributed by atoms with Crippen LogP contribution >= 0.6 is 11.8 Å². The molecule has 0 bridgehead atoms. The summed E-state index contributed by atoms with van der Waals surface area (Å²) in [5, 5.41) is 3.93. The van der Waals surface area contributed by atoms with Gasteiger partial charge >= 0.3 is 0 Å². The Morgan fingerprint density at radius 2 is 2.20 bits per heavy atom. The van der Waals surface area contributed by atoms with Gasteiger partial charge in [-0.25, -0.2) is 4.39 Å². The smallest absolute Gasteiger partial charge is 0.146 e. The highest BCUT2D eigenvalue weighted by Gasteiger charge is 2.28. The van der Waals surface area contributed by atoms with E-state index >= 15 is 0 Å². The van der Waals surface area contributed by atoms with Gasteiger partial charge in [0, 0.05) is 30.1 Å². The standard InChI is InChI=1S/C16H25FN2S/c1-4-8-18-11-14-6-5-7-15(17)16(14)19-9-10-20-13(3)12(19)2/h5-7,12-13,18H,4,8-11H2,1-3H3. The number of hydrogen-bond donors (Lipinski definition) is 1. The van der Waals surface area contributed by atoms with Crippen LogP contribution in [0, 0.1) is 5.82 Å². The number of anilines is 1. The van der Waals surface area contributed by atoms with Crippen molar-refractivity contribution < 1.29 is 4.39 Å². The molecule has 0 spiro atoms. The molecule has 1 fully saturated rings. The third-order valence-corrected chi connectivity index (χ3v) is 5.32. The summed E-state index contributed by atoms with van der Waals surface area (Å²) >= 11 is 1.98.